The van der Waals surface area contributed by atoms with E-state index in [9.17, 15) is 14.7 Å². The molecule has 0 bridgehead atoms. The van der Waals surface area contributed by atoms with Gasteiger partial charge in [0.15, 0.2) is 0 Å². The van der Waals surface area contributed by atoms with Crippen molar-refractivity contribution in [2.24, 2.45) is 0 Å². The Bertz CT molecular complexity index is 473. The molecular weight excluding hydrogens is 276 g/mol. The molecule has 6 heteroatoms. The molecule has 21 heavy (non-hydrogen) atoms. The highest BCUT2D eigenvalue weighted by molar-refractivity contribution is 5.76. The Morgan fingerprint density at radius 1 is 1.29 bits per heavy atom. The lowest BCUT2D eigenvalue weighted by atomic mass is 10.1. The molecule has 0 spiro atoms. The molecule has 1 aromatic rings. The molecular formula is C15H20O6. The maximum absolute atomic E-state index is 11.5. The van der Waals surface area contributed by atoms with Crippen molar-refractivity contribution in [3.63, 3.8) is 0 Å². The van der Waals surface area contributed by atoms with E-state index in [1.165, 1.54) is 0 Å². The Balaban J connectivity index is 3.00. The number of ether oxygens (including phenoxy) is 3. The second-order valence-corrected chi connectivity index (χ2v) is 4.21. The van der Waals surface area contributed by atoms with Crippen LogP contribution in [0.15, 0.2) is 24.3 Å². The van der Waals surface area contributed by atoms with Crippen molar-refractivity contribution in [1.82, 2.24) is 0 Å². The minimum absolute atomic E-state index is 0.0252. The molecule has 0 aliphatic heterocycles. The number of carboxylic acid groups (broad SMARTS) is 1. The number of aliphatic carboxylic acids is 1. The van der Waals surface area contributed by atoms with E-state index in [0.29, 0.717) is 24.4 Å². The van der Waals surface area contributed by atoms with Gasteiger partial charge in [-0.2, -0.15) is 0 Å². The van der Waals surface area contributed by atoms with Crippen LogP contribution in [0, 0.1) is 0 Å². The average molecular weight is 296 g/mol. The third-order valence-electron chi connectivity index (χ3n) is 2.69. The van der Waals surface area contributed by atoms with Crippen molar-refractivity contribution in [2.45, 2.75) is 32.5 Å². The molecule has 0 aromatic heterocycles. The smallest absolute Gasteiger partial charge is 0.377 e. The highest BCUT2D eigenvalue weighted by Gasteiger charge is 2.42. The van der Waals surface area contributed by atoms with Crippen molar-refractivity contribution in [1.29, 1.82) is 0 Å². The number of rotatable bonds is 10. The standard InChI is InChI=1S/C15H20O6/c1-3-19-12-7-5-8-13(11-12)21-15(14(17)18,20-4-2)9-6-10-16/h5,7-8,10-11H,3-4,6,9H2,1-2H3,(H,17,18). The summed E-state index contributed by atoms with van der Waals surface area (Å²) in [7, 11) is 0. The van der Waals surface area contributed by atoms with Crippen molar-refractivity contribution < 1.29 is 28.9 Å². The van der Waals surface area contributed by atoms with Gasteiger partial charge in [0, 0.05) is 25.5 Å². The summed E-state index contributed by atoms with van der Waals surface area (Å²) < 4.78 is 16.1. The van der Waals surface area contributed by atoms with Crippen molar-refractivity contribution in [3.05, 3.63) is 24.3 Å². The Hall–Kier alpha value is -2.08. The van der Waals surface area contributed by atoms with E-state index in [1.54, 1.807) is 31.2 Å². The second kappa shape index (κ2) is 8.26. The van der Waals surface area contributed by atoms with Gasteiger partial charge in [-0.25, -0.2) is 4.79 Å². The highest BCUT2D eigenvalue weighted by Crippen LogP contribution is 2.27. The van der Waals surface area contributed by atoms with Gasteiger partial charge in [-0.15, -0.1) is 0 Å². The van der Waals surface area contributed by atoms with Crippen LogP contribution in [-0.4, -0.2) is 36.4 Å². The molecule has 1 N–H and O–H groups in total. The topological polar surface area (TPSA) is 82.1 Å². The fourth-order valence-corrected chi connectivity index (χ4v) is 1.83. The van der Waals surface area contributed by atoms with Crippen LogP contribution < -0.4 is 9.47 Å². The first-order chi connectivity index (χ1) is 10.1. The summed E-state index contributed by atoms with van der Waals surface area (Å²) >= 11 is 0. The third kappa shape index (κ3) is 4.75. The average Bonchev–Trinajstić information content (AvgIpc) is 2.45. The van der Waals surface area contributed by atoms with Crippen LogP contribution in [0.1, 0.15) is 26.7 Å². The number of carbonyl (C=O) groups excluding carboxylic acids is 1. The van der Waals surface area contributed by atoms with Crippen molar-refractivity contribution >= 4 is 12.3 Å². The molecule has 0 saturated heterocycles. The minimum atomic E-state index is -1.87. The van der Waals surface area contributed by atoms with E-state index >= 15 is 0 Å². The Kier molecular flexibility index (Phi) is 6.68. The molecule has 0 aliphatic rings. The zero-order valence-corrected chi connectivity index (χ0v) is 12.2. The molecule has 6 nitrogen and oxygen atoms in total. The maximum atomic E-state index is 11.5. The summed E-state index contributed by atoms with van der Waals surface area (Å²) in [6, 6.07) is 6.63. The molecule has 0 heterocycles. The first kappa shape index (κ1) is 17.0. The third-order valence-corrected chi connectivity index (χ3v) is 2.69. The molecule has 1 unspecified atom stereocenters. The lowest BCUT2D eigenvalue weighted by Crippen LogP contribution is -2.47. The van der Waals surface area contributed by atoms with Gasteiger partial charge in [-0.1, -0.05) is 6.07 Å². The van der Waals surface area contributed by atoms with Crippen LogP contribution in [0.5, 0.6) is 11.5 Å². The predicted molar refractivity (Wildman–Crippen MR) is 75.5 cm³/mol. The SMILES string of the molecule is CCOc1cccc(OC(CCC=O)(OCC)C(=O)O)c1. The van der Waals surface area contributed by atoms with Gasteiger partial charge in [0.25, 0.3) is 0 Å². The molecule has 0 amide bonds. The van der Waals surface area contributed by atoms with Gasteiger partial charge < -0.3 is 24.1 Å². The number of hydrogen-bond donors (Lipinski definition) is 1. The van der Waals surface area contributed by atoms with Crippen molar-refractivity contribution in [3.8, 4) is 11.5 Å². The number of hydrogen-bond acceptors (Lipinski definition) is 5. The van der Waals surface area contributed by atoms with Crippen LogP contribution in [0.4, 0.5) is 0 Å². The van der Waals surface area contributed by atoms with Crippen LogP contribution in [0.2, 0.25) is 0 Å². The van der Waals surface area contributed by atoms with Gasteiger partial charge in [0.2, 0.25) is 0 Å². The first-order valence-electron chi connectivity index (χ1n) is 6.80. The molecule has 1 rings (SSSR count). The quantitative estimate of drug-likeness (QED) is 0.527. The van der Waals surface area contributed by atoms with Gasteiger partial charge in [-0.3, -0.25) is 0 Å². The van der Waals surface area contributed by atoms with E-state index in [4.69, 9.17) is 14.2 Å². The number of benzene rings is 1. The zero-order valence-electron chi connectivity index (χ0n) is 12.2. The largest absolute Gasteiger partial charge is 0.494 e. The van der Waals surface area contributed by atoms with E-state index in [-0.39, 0.29) is 19.4 Å². The highest BCUT2D eigenvalue weighted by atomic mass is 16.7. The monoisotopic (exact) mass is 296 g/mol. The van der Waals surface area contributed by atoms with E-state index in [1.807, 2.05) is 6.92 Å². The lowest BCUT2D eigenvalue weighted by Gasteiger charge is -2.29. The van der Waals surface area contributed by atoms with E-state index in [0.717, 1.165) is 0 Å². The summed E-state index contributed by atoms with van der Waals surface area (Å²) in [4.78, 5) is 22.1. The fourth-order valence-electron chi connectivity index (χ4n) is 1.83. The second-order valence-electron chi connectivity index (χ2n) is 4.21. The normalized spacial score (nSPS) is 13.2. The first-order valence-corrected chi connectivity index (χ1v) is 6.80. The summed E-state index contributed by atoms with van der Waals surface area (Å²) in [5.41, 5.74) is 0. The molecule has 116 valence electrons. The van der Waals surface area contributed by atoms with Gasteiger partial charge >= 0.3 is 11.8 Å². The summed E-state index contributed by atoms with van der Waals surface area (Å²) in [5, 5.41) is 9.42. The number of carboxylic acids is 1. The molecule has 0 saturated carbocycles. The van der Waals surface area contributed by atoms with Crippen LogP contribution >= 0.6 is 0 Å². The minimum Gasteiger partial charge on any atom is -0.494 e. The summed E-state index contributed by atoms with van der Waals surface area (Å²) in [6.07, 6.45) is 0.590. The molecule has 1 aromatic carbocycles. The Morgan fingerprint density at radius 2 is 2.00 bits per heavy atom. The van der Waals surface area contributed by atoms with Gasteiger partial charge in [0.05, 0.1) is 6.61 Å². The molecule has 0 aliphatic carbocycles. The van der Waals surface area contributed by atoms with Crippen LogP contribution in [0.25, 0.3) is 0 Å². The Labute approximate surface area is 123 Å². The summed E-state index contributed by atoms with van der Waals surface area (Å²) in [6.45, 7) is 4.15. The lowest BCUT2D eigenvalue weighted by molar-refractivity contribution is -0.213. The van der Waals surface area contributed by atoms with Crippen LogP contribution in [0.3, 0.4) is 0 Å². The number of aldehydes is 1. The van der Waals surface area contributed by atoms with E-state index < -0.39 is 11.8 Å². The summed E-state index contributed by atoms with van der Waals surface area (Å²) in [5.74, 6) is -2.27. The molecule has 0 radical (unpaired) electrons. The fraction of sp³-hybridized carbons (Fsp3) is 0.467. The van der Waals surface area contributed by atoms with Gasteiger partial charge in [0.1, 0.15) is 17.8 Å². The van der Waals surface area contributed by atoms with Crippen LogP contribution in [-0.2, 0) is 14.3 Å². The number of carbonyl (C=O) groups is 2. The Morgan fingerprint density at radius 3 is 2.57 bits per heavy atom. The zero-order chi connectivity index (χ0) is 15.7. The maximum Gasteiger partial charge on any atom is 0.377 e. The van der Waals surface area contributed by atoms with E-state index in [2.05, 4.69) is 0 Å². The molecule has 0 fully saturated rings. The molecule has 1 atom stereocenters. The van der Waals surface area contributed by atoms with Gasteiger partial charge in [-0.05, 0) is 26.0 Å². The van der Waals surface area contributed by atoms with Crippen molar-refractivity contribution in [2.75, 3.05) is 13.2 Å². The predicted octanol–water partition coefficient (Wildman–Crippen LogP) is 2.26.